The van der Waals surface area contributed by atoms with Crippen molar-refractivity contribution in [3.63, 3.8) is 0 Å². The summed E-state index contributed by atoms with van der Waals surface area (Å²) in [7, 11) is 0. The Bertz CT molecular complexity index is 582. The minimum Gasteiger partial charge on any atom is -0.345 e. The summed E-state index contributed by atoms with van der Waals surface area (Å²) in [6.07, 6.45) is 1.10. The molecule has 2 aliphatic rings. The molecule has 0 aromatic heterocycles. The number of piperazine rings is 2. The van der Waals surface area contributed by atoms with E-state index >= 15 is 0 Å². The van der Waals surface area contributed by atoms with Crippen LogP contribution in [0.4, 0.5) is 0 Å². The second kappa shape index (κ2) is 6.71. The number of nitrogens with zero attached hydrogens (tertiary/aromatic N) is 2. The van der Waals surface area contributed by atoms with Crippen LogP contribution in [0.5, 0.6) is 0 Å². The summed E-state index contributed by atoms with van der Waals surface area (Å²) in [6, 6.07) is 8.42. The highest BCUT2D eigenvalue weighted by Gasteiger charge is 2.38. The fourth-order valence-electron chi connectivity index (χ4n) is 3.40. The van der Waals surface area contributed by atoms with E-state index < -0.39 is 0 Å². The fraction of sp³-hybridized carbons (Fsp3) is 0.556. The van der Waals surface area contributed by atoms with Crippen LogP contribution in [0.2, 0.25) is 0 Å². The molecule has 1 aromatic carbocycles. The molecule has 1 aromatic rings. The van der Waals surface area contributed by atoms with E-state index in [4.69, 9.17) is 0 Å². The minimum absolute atomic E-state index is 0.0263. The molecule has 2 amide bonds. The van der Waals surface area contributed by atoms with Gasteiger partial charge in [-0.05, 0) is 23.5 Å². The van der Waals surface area contributed by atoms with Crippen molar-refractivity contribution in [3.05, 3.63) is 35.4 Å². The Labute approximate surface area is 137 Å². The van der Waals surface area contributed by atoms with Crippen LogP contribution in [0, 0.1) is 5.92 Å². The van der Waals surface area contributed by atoms with Crippen LogP contribution < -0.4 is 5.32 Å². The van der Waals surface area contributed by atoms with Crippen molar-refractivity contribution in [2.45, 2.75) is 32.9 Å². The molecule has 5 nitrogen and oxygen atoms in total. The van der Waals surface area contributed by atoms with Gasteiger partial charge in [0, 0.05) is 26.2 Å². The SMILES string of the molecule is CC(C)Cc1ccc(CN2CCN3C(=O)CNC(=O)[C@@H]3C2)cc1. The second-order valence-electron chi connectivity index (χ2n) is 6.97. The van der Waals surface area contributed by atoms with Gasteiger partial charge in [0.05, 0.1) is 6.54 Å². The Balaban J connectivity index is 1.60. The third-order valence-electron chi connectivity index (χ3n) is 4.57. The van der Waals surface area contributed by atoms with Crippen LogP contribution in [0.3, 0.4) is 0 Å². The van der Waals surface area contributed by atoms with E-state index in [2.05, 4.69) is 48.3 Å². The van der Waals surface area contributed by atoms with E-state index in [1.54, 1.807) is 4.90 Å². The topological polar surface area (TPSA) is 52.6 Å². The van der Waals surface area contributed by atoms with E-state index in [0.717, 1.165) is 19.5 Å². The van der Waals surface area contributed by atoms with Gasteiger partial charge in [0.15, 0.2) is 0 Å². The predicted molar refractivity (Wildman–Crippen MR) is 88.8 cm³/mol. The van der Waals surface area contributed by atoms with Crippen LogP contribution in [0.1, 0.15) is 25.0 Å². The van der Waals surface area contributed by atoms with Gasteiger partial charge in [0.2, 0.25) is 11.8 Å². The van der Waals surface area contributed by atoms with Gasteiger partial charge in [-0.2, -0.15) is 0 Å². The molecule has 23 heavy (non-hydrogen) atoms. The predicted octanol–water partition coefficient (Wildman–Crippen LogP) is 1.03. The van der Waals surface area contributed by atoms with E-state index in [1.807, 2.05) is 0 Å². The standard InChI is InChI=1S/C18H25N3O2/c1-13(2)9-14-3-5-15(6-4-14)11-20-7-8-21-16(12-20)18(23)19-10-17(21)22/h3-6,13,16H,7-12H2,1-2H3,(H,19,23)/t16-/m0/s1. The highest BCUT2D eigenvalue weighted by Crippen LogP contribution is 2.17. The summed E-state index contributed by atoms with van der Waals surface area (Å²) >= 11 is 0. The third kappa shape index (κ3) is 3.72. The number of carbonyl (C=O) groups is 2. The lowest BCUT2D eigenvalue weighted by molar-refractivity contribution is -0.149. The normalized spacial score (nSPS) is 22.2. The van der Waals surface area contributed by atoms with Gasteiger partial charge in [-0.25, -0.2) is 0 Å². The molecular formula is C18H25N3O2. The van der Waals surface area contributed by atoms with Gasteiger partial charge in [-0.1, -0.05) is 38.1 Å². The summed E-state index contributed by atoms with van der Waals surface area (Å²) < 4.78 is 0. The number of hydrogen-bond donors (Lipinski definition) is 1. The van der Waals surface area contributed by atoms with Crippen molar-refractivity contribution in [3.8, 4) is 0 Å². The minimum atomic E-state index is -0.329. The van der Waals surface area contributed by atoms with E-state index in [0.29, 0.717) is 19.0 Å². The molecule has 0 spiro atoms. The first kappa shape index (κ1) is 16.0. The summed E-state index contributed by atoms with van der Waals surface area (Å²) in [5, 5.41) is 2.68. The zero-order valence-corrected chi connectivity index (χ0v) is 13.9. The molecule has 0 bridgehead atoms. The second-order valence-corrected chi connectivity index (χ2v) is 6.97. The van der Waals surface area contributed by atoms with E-state index in [-0.39, 0.29) is 24.4 Å². The monoisotopic (exact) mass is 315 g/mol. The molecule has 2 heterocycles. The summed E-state index contributed by atoms with van der Waals surface area (Å²) in [5.74, 6) is 0.671. The van der Waals surface area contributed by atoms with Crippen molar-refractivity contribution < 1.29 is 9.59 Å². The van der Waals surface area contributed by atoms with Crippen molar-refractivity contribution in [1.29, 1.82) is 0 Å². The highest BCUT2D eigenvalue weighted by molar-refractivity contribution is 5.95. The highest BCUT2D eigenvalue weighted by atomic mass is 16.2. The molecule has 1 atom stereocenters. The molecule has 124 valence electrons. The number of hydrogen-bond acceptors (Lipinski definition) is 3. The summed E-state index contributed by atoms with van der Waals surface area (Å²) in [6.45, 7) is 7.51. The molecule has 2 aliphatic heterocycles. The smallest absolute Gasteiger partial charge is 0.244 e. The molecule has 0 radical (unpaired) electrons. The Morgan fingerprint density at radius 2 is 1.83 bits per heavy atom. The van der Waals surface area contributed by atoms with Crippen molar-refractivity contribution >= 4 is 11.8 Å². The number of fused-ring (bicyclic) bond motifs is 1. The van der Waals surface area contributed by atoms with Gasteiger partial charge in [0.25, 0.3) is 0 Å². The van der Waals surface area contributed by atoms with Crippen LogP contribution >= 0.6 is 0 Å². The number of rotatable bonds is 4. The number of carbonyl (C=O) groups excluding carboxylic acids is 2. The maximum absolute atomic E-state index is 12.0. The van der Waals surface area contributed by atoms with Gasteiger partial charge >= 0.3 is 0 Å². The van der Waals surface area contributed by atoms with Gasteiger partial charge in [-0.3, -0.25) is 14.5 Å². The number of benzene rings is 1. The maximum Gasteiger partial charge on any atom is 0.244 e. The lowest BCUT2D eigenvalue weighted by atomic mass is 10.0. The Morgan fingerprint density at radius 1 is 1.13 bits per heavy atom. The molecule has 2 saturated heterocycles. The number of nitrogens with one attached hydrogen (secondary N) is 1. The van der Waals surface area contributed by atoms with Crippen LogP contribution in [0.25, 0.3) is 0 Å². The fourth-order valence-corrected chi connectivity index (χ4v) is 3.40. The molecule has 0 aliphatic carbocycles. The Morgan fingerprint density at radius 3 is 2.52 bits per heavy atom. The van der Waals surface area contributed by atoms with Crippen molar-refractivity contribution in [2.75, 3.05) is 26.2 Å². The van der Waals surface area contributed by atoms with Gasteiger partial charge in [-0.15, -0.1) is 0 Å². The van der Waals surface area contributed by atoms with Crippen LogP contribution in [-0.4, -0.2) is 53.8 Å². The summed E-state index contributed by atoms with van der Waals surface area (Å²) in [4.78, 5) is 27.8. The summed E-state index contributed by atoms with van der Waals surface area (Å²) in [5.41, 5.74) is 2.62. The van der Waals surface area contributed by atoms with Gasteiger partial charge < -0.3 is 10.2 Å². The molecule has 0 unspecified atom stereocenters. The first-order chi connectivity index (χ1) is 11.0. The van der Waals surface area contributed by atoms with Gasteiger partial charge in [0.1, 0.15) is 6.04 Å². The molecule has 0 saturated carbocycles. The average molecular weight is 315 g/mol. The molecule has 3 rings (SSSR count). The largest absolute Gasteiger partial charge is 0.345 e. The molecule has 2 fully saturated rings. The zero-order chi connectivity index (χ0) is 16.4. The third-order valence-corrected chi connectivity index (χ3v) is 4.57. The zero-order valence-electron chi connectivity index (χ0n) is 13.9. The molecular weight excluding hydrogens is 290 g/mol. The van der Waals surface area contributed by atoms with Crippen molar-refractivity contribution in [2.24, 2.45) is 5.92 Å². The van der Waals surface area contributed by atoms with Crippen LogP contribution in [-0.2, 0) is 22.6 Å². The Kier molecular flexibility index (Phi) is 4.66. The first-order valence-electron chi connectivity index (χ1n) is 8.40. The van der Waals surface area contributed by atoms with Crippen LogP contribution in [0.15, 0.2) is 24.3 Å². The molecule has 1 N–H and O–H groups in total. The quantitative estimate of drug-likeness (QED) is 0.903. The van der Waals surface area contributed by atoms with Crippen molar-refractivity contribution in [1.82, 2.24) is 15.1 Å². The van der Waals surface area contributed by atoms with E-state index in [1.165, 1.54) is 11.1 Å². The first-order valence-corrected chi connectivity index (χ1v) is 8.40. The Hall–Kier alpha value is -1.88. The average Bonchev–Trinajstić information content (AvgIpc) is 2.53. The van der Waals surface area contributed by atoms with E-state index in [9.17, 15) is 9.59 Å². The lowest BCUT2D eigenvalue weighted by Crippen LogP contribution is -2.65. The maximum atomic E-state index is 12.0. The number of amides is 2. The molecule has 5 heteroatoms. The lowest BCUT2D eigenvalue weighted by Gasteiger charge is -2.43.